The van der Waals surface area contributed by atoms with Crippen molar-refractivity contribution >= 4 is 34.9 Å². The number of halogens is 5. The lowest BCUT2D eigenvalue weighted by molar-refractivity contribution is -0.137. The second-order valence-corrected chi connectivity index (χ2v) is 7.74. The van der Waals surface area contributed by atoms with Crippen LogP contribution in [0.25, 0.3) is 0 Å². The summed E-state index contributed by atoms with van der Waals surface area (Å²) in [6, 6.07) is 12.2. The van der Waals surface area contributed by atoms with Crippen molar-refractivity contribution in [1.29, 1.82) is 0 Å². The van der Waals surface area contributed by atoms with E-state index >= 15 is 0 Å². The van der Waals surface area contributed by atoms with Crippen molar-refractivity contribution in [2.45, 2.75) is 25.7 Å². The van der Waals surface area contributed by atoms with E-state index in [1.165, 1.54) is 34.9 Å². The number of aryl methyl sites for hydroxylation is 1. The topological polar surface area (TPSA) is 71.3 Å². The van der Waals surface area contributed by atoms with Gasteiger partial charge in [-0.15, -0.1) is 0 Å². The Hall–Kier alpha value is -2.97. The quantitative estimate of drug-likeness (QED) is 0.449. The van der Waals surface area contributed by atoms with Gasteiger partial charge in [0.05, 0.1) is 28.4 Å². The van der Waals surface area contributed by atoms with Gasteiger partial charge >= 0.3 is 12.1 Å². The summed E-state index contributed by atoms with van der Waals surface area (Å²) in [4.78, 5) is 23.6. The van der Waals surface area contributed by atoms with Gasteiger partial charge in [-0.05, 0) is 48.4 Å². The fourth-order valence-corrected chi connectivity index (χ4v) is 3.64. The number of carbonyl (C=O) groups is 1. The van der Waals surface area contributed by atoms with Crippen LogP contribution in [0.4, 0.5) is 18.9 Å². The molecule has 5 nitrogen and oxygen atoms in total. The van der Waals surface area contributed by atoms with Gasteiger partial charge in [-0.3, -0.25) is 4.79 Å². The molecular weight excluding hydrogens is 468 g/mol. The van der Waals surface area contributed by atoms with E-state index < -0.39 is 23.3 Å². The number of carboxylic acids is 1. The number of benzene rings is 2. The predicted molar refractivity (Wildman–Crippen MR) is 117 cm³/mol. The maximum absolute atomic E-state index is 12.9. The lowest BCUT2D eigenvalue weighted by Crippen LogP contribution is -2.26. The Morgan fingerprint density at radius 1 is 1.03 bits per heavy atom. The molecule has 2 aromatic carbocycles. The monoisotopic (exact) mass is 484 g/mol. The highest BCUT2D eigenvalue weighted by Gasteiger charge is 2.30. The molecular formula is C22H17Cl2F3N2O3. The average Bonchev–Trinajstić information content (AvgIpc) is 2.74. The molecule has 0 amide bonds. The lowest BCUT2D eigenvalue weighted by Gasteiger charge is -2.17. The van der Waals surface area contributed by atoms with Crippen LogP contribution < -0.4 is 10.9 Å². The number of hydrogen-bond donors (Lipinski definition) is 2. The second kappa shape index (κ2) is 9.67. The second-order valence-electron chi connectivity index (χ2n) is 6.93. The summed E-state index contributed by atoms with van der Waals surface area (Å²) >= 11 is 12.3. The molecule has 0 bridgehead atoms. The summed E-state index contributed by atoms with van der Waals surface area (Å²) in [5, 5.41) is 12.0. The van der Waals surface area contributed by atoms with Crippen LogP contribution in [0.2, 0.25) is 10.0 Å². The average molecular weight is 485 g/mol. The summed E-state index contributed by atoms with van der Waals surface area (Å²) in [7, 11) is 0. The normalized spacial score (nSPS) is 11.4. The molecule has 1 aromatic heterocycles. The molecule has 3 aromatic rings. The van der Waals surface area contributed by atoms with E-state index in [2.05, 4.69) is 5.32 Å². The van der Waals surface area contributed by atoms with Gasteiger partial charge in [-0.2, -0.15) is 13.2 Å². The minimum atomic E-state index is -4.48. The molecule has 0 spiro atoms. The molecule has 0 saturated heterocycles. The van der Waals surface area contributed by atoms with Crippen LogP contribution in [0.1, 0.15) is 27.2 Å². The first-order valence-electron chi connectivity index (χ1n) is 9.37. The summed E-state index contributed by atoms with van der Waals surface area (Å²) in [5.41, 5.74) is 0.221. The van der Waals surface area contributed by atoms with Crippen LogP contribution in [0, 0.1) is 0 Å². The zero-order valence-corrected chi connectivity index (χ0v) is 17.9. The molecule has 3 rings (SSSR count). The minimum Gasteiger partial charge on any atom is -0.478 e. The minimum absolute atomic E-state index is 0.00942. The van der Waals surface area contributed by atoms with Crippen molar-refractivity contribution in [2.24, 2.45) is 0 Å². The Morgan fingerprint density at radius 3 is 2.34 bits per heavy atom. The van der Waals surface area contributed by atoms with Crippen molar-refractivity contribution in [3.05, 3.63) is 97.4 Å². The molecule has 168 valence electrons. The van der Waals surface area contributed by atoms with Gasteiger partial charge in [0.1, 0.15) is 5.02 Å². The Morgan fingerprint density at radius 2 is 1.72 bits per heavy atom. The van der Waals surface area contributed by atoms with Gasteiger partial charge in [0.25, 0.3) is 5.56 Å². The summed E-state index contributed by atoms with van der Waals surface area (Å²) in [6.45, 7) is 0.176. The molecule has 1 heterocycles. The molecule has 0 aliphatic rings. The van der Waals surface area contributed by atoms with Gasteiger partial charge in [0, 0.05) is 12.2 Å². The maximum Gasteiger partial charge on any atom is 0.416 e. The van der Waals surface area contributed by atoms with E-state index in [9.17, 15) is 22.8 Å². The Balaban J connectivity index is 1.83. The van der Waals surface area contributed by atoms with Crippen molar-refractivity contribution in [3.63, 3.8) is 0 Å². The number of carboxylic acid groups (broad SMARTS) is 1. The molecule has 0 aliphatic heterocycles. The molecule has 0 saturated carbocycles. The predicted octanol–water partition coefficient (Wildman–Crippen LogP) is 5.73. The van der Waals surface area contributed by atoms with Crippen LogP contribution in [0.15, 0.2) is 59.4 Å². The van der Waals surface area contributed by atoms with Crippen LogP contribution in [0.3, 0.4) is 0 Å². The molecule has 0 atom stereocenters. The Kier molecular flexibility index (Phi) is 7.16. The van der Waals surface area contributed by atoms with Crippen LogP contribution in [-0.2, 0) is 25.7 Å². The third-order valence-corrected chi connectivity index (χ3v) is 5.38. The van der Waals surface area contributed by atoms with E-state index in [0.29, 0.717) is 12.1 Å². The molecule has 0 fully saturated rings. The fourth-order valence-electron chi connectivity index (χ4n) is 3.10. The summed E-state index contributed by atoms with van der Waals surface area (Å²) in [6.07, 6.45) is -4.10. The molecule has 10 heteroatoms. The van der Waals surface area contributed by atoms with E-state index in [1.54, 1.807) is 12.1 Å². The molecule has 0 radical (unpaired) electrons. The summed E-state index contributed by atoms with van der Waals surface area (Å²) in [5.74, 6) is -1.04. The third-order valence-electron chi connectivity index (χ3n) is 4.78. The van der Waals surface area contributed by atoms with Gasteiger partial charge in [0.2, 0.25) is 0 Å². The van der Waals surface area contributed by atoms with E-state index in [4.69, 9.17) is 28.3 Å². The Labute approximate surface area is 191 Å². The number of alkyl halides is 3. The highest BCUT2D eigenvalue weighted by Crippen LogP contribution is 2.31. The highest BCUT2D eigenvalue weighted by atomic mass is 35.5. The molecule has 32 heavy (non-hydrogen) atoms. The first-order valence-corrected chi connectivity index (χ1v) is 10.1. The standard InChI is InChI=1S/C22H17Cl2F3N2O3/c23-17-11-18(24)20(30)29(9-8-13-4-6-14(7-5-13)21(31)32)19(17)12-28-16-3-1-2-15(10-16)22(25,26)27/h1-7,10-11,28H,8-9,12H2,(H,31,32). The number of aromatic nitrogens is 1. The van der Waals surface area contributed by atoms with E-state index in [0.717, 1.165) is 17.7 Å². The SMILES string of the molecule is O=C(O)c1ccc(CCn2c(CNc3cccc(C(F)(F)F)c3)c(Cl)cc(Cl)c2=O)cc1. The third kappa shape index (κ3) is 5.63. The van der Waals surface area contributed by atoms with Gasteiger partial charge in [0.15, 0.2) is 0 Å². The number of nitrogens with zero attached hydrogens (tertiary/aromatic N) is 1. The number of rotatable bonds is 7. The van der Waals surface area contributed by atoms with Crippen LogP contribution in [-0.4, -0.2) is 15.6 Å². The van der Waals surface area contributed by atoms with Crippen LogP contribution >= 0.6 is 23.2 Å². The fraction of sp³-hybridized carbons (Fsp3) is 0.182. The molecule has 2 N–H and O–H groups in total. The molecule has 0 aliphatic carbocycles. The number of nitrogens with one attached hydrogen (secondary N) is 1. The lowest BCUT2D eigenvalue weighted by atomic mass is 10.1. The van der Waals surface area contributed by atoms with Gasteiger partial charge in [-0.1, -0.05) is 41.4 Å². The largest absolute Gasteiger partial charge is 0.478 e. The first-order chi connectivity index (χ1) is 15.1. The Bertz CT molecular complexity index is 1190. The van der Waals surface area contributed by atoms with E-state index in [1.807, 2.05) is 0 Å². The van der Waals surface area contributed by atoms with E-state index in [-0.39, 0.29) is 34.4 Å². The van der Waals surface area contributed by atoms with Crippen molar-refractivity contribution in [2.75, 3.05) is 5.32 Å². The highest BCUT2D eigenvalue weighted by molar-refractivity contribution is 6.34. The van der Waals surface area contributed by atoms with Crippen LogP contribution in [0.5, 0.6) is 0 Å². The first kappa shape index (κ1) is 23.7. The number of anilines is 1. The van der Waals surface area contributed by atoms with Crippen molar-refractivity contribution in [1.82, 2.24) is 4.57 Å². The number of pyridine rings is 1. The maximum atomic E-state index is 12.9. The summed E-state index contributed by atoms with van der Waals surface area (Å²) < 4.78 is 40.2. The van der Waals surface area contributed by atoms with Gasteiger partial charge < -0.3 is 15.0 Å². The van der Waals surface area contributed by atoms with Crippen molar-refractivity contribution < 1.29 is 23.1 Å². The molecule has 0 unspecified atom stereocenters. The number of hydrogen-bond acceptors (Lipinski definition) is 3. The van der Waals surface area contributed by atoms with Gasteiger partial charge in [-0.25, -0.2) is 4.79 Å². The zero-order valence-electron chi connectivity index (χ0n) is 16.4. The smallest absolute Gasteiger partial charge is 0.416 e. The number of aromatic carboxylic acids is 1. The van der Waals surface area contributed by atoms with Crippen molar-refractivity contribution in [3.8, 4) is 0 Å². The zero-order chi connectivity index (χ0) is 23.5.